The Morgan fingerprint density at radius 1 is 1.40 bits per heavy atom. The van der Waals surface area contributed by atoms with Crippen LogP contribution in [-0.2, 0) is 0 Å². The summed E-state index contributed by atoms with van der Waals surface area (Å²) in [5, 5.41) is 4.20. The van der Waals surface area contributed by atoms with Crippen molar-refractivity contribution in [2.45, 2.75) is 19.4 Å². The first-order chi connectivity index (χ1) is 7.04. The van der Waals surface area contributed by atoms with Gasteiger partial charge in [-0.1, -0.05) is 23.5 Å². The van der Waals surface area contributed by atoms with Crippen molar-refractivity contribution in [3.05, 3.63) is 24.3 Å². The highest BCUT2D eigenvalue weighted by atomic mass is 32.1. The summed E-state index contributed by atoms with van der Waals surface area (Å²) in [4.78, 5) is 4.47. The van der Waals surface area contributed by atoms with Crippen molar-refractivity contribution in [2.24, 2.45) is 5.73 Å². The Bertz CT molecular complexity index is 423. The lowest BCUT2D eigenvalue weighted by Crippen LogP contribution is -2.39. The third-order valence-electron chi connectivity index (χ3n) is 1.99. The van der Waals surface area contributed by atoms with Crippen LogP contribution in [0.1, 0.15) is 13.8 Å². The first kappa shape index (κ1) is 10.4. The number of nitrogens with two attached hydrogens (primary N) is 1. The van der Waals surface area contributed by atoms with Crippen molar-refractivity contribution in [3.63, 3.8) is 0 Å². The number of benzene rings is 1. The molecule has 0 amide bonds. The fraction of sp³-hybridized carbons (Fsp3) is 0.364. The molecule has 3 N–H and O–H groups in total. The second-order valence-electron chi connectivity index (χ2n) is 4.33. The van der Waals surface area contributed by atoms with Gasteiger partial charge in [0.2, 0.25) is 0 Å². The monoisotopic (exact) mass is 221 g/mol. The van der Waals surface area contributed by atoms with Crippen LogP contribution >= 0.6 is 11.3 Å². The molecule has 0 aliphatic carbocycles. The van der Waals surface area contributed by atoms with Crippen LogP contribution in [0.2, 0.25) is 0 Å². The van der Waals surface area contributed by atoms with Gasteiger partial charge in [0.25, 0.3) is 0 Å². The number of nitrogens with one attached hydrogen (secondary N) is 1. The van der Waals surface area contributed by atoms with E-state index in [0.717, 1.165) is 17.2 Å². The lowest BCUT2D eigenvalue weighted by molar-refractivity contribution is 0.549. The zero-order chi connectivity index (χ0) is 10.9. The standard InChI is InChI=1S/C11H15N3S/c1-11(2,12)7-13-10-14-8-5-3-4-6-9(8)15-10/h3-6H,7,12H2,1-2H3,(H,13,14). The number of thiazole rings is 1. The minimum atomic E-state index is -0.210. The van der Waals surface area contributed by atoms with E-state index in [-0.39, 0.29) is 5.54 Å². The predicted molar refractivity (Wildman–Crippen MR) is 66.4 cm³/mol. The molecule has 2 rings (SSSR count). The molecule has 0 unspecified atom stereocenters. The van der Waals surface area contributed by atoms with Gasteiger partial charge >= 0.3 is 0 Å². The molecule has 4 heteroatoms. The van der Waals surface area contributed by atoms with Crippen LogP contribution in [0.3, 0.4) is 0 Å². The lowest BCUT2D eigenvalue weighted by atomic mass is 10.1. The molecule has 15 heavy (non-hydrogen) atoms. The zero-order valence-electron chi connectivity index (χ0n) is 8.95. The Labute approximate surface area is 93.3 Å². The molecule has 80 valence electrons. The Balaban J connectivity index is 2.16. The SMILES string of the molecule is CC(C)(N)CNc1nc2ccccc2s1. The molecule has 0 radical (unpaired) electrons. The molecule has 0 fully saturated rings. The maximum atomic E-state index is 5.89. The number of nitrogens with zero attached hydrogens (tertiary/aromatic N) is 1. The summed E-state index contributed by atoms with van der Waals surface area (Å²) < 4.78 is 1.20. The minimum Gasteiger partial charge on any atom is -0.360 e. The van der Waals surface area contributed by atoms with Crippen molar-refractivity contribution < 1.29 is 0 Å². The van der Waals surface area contributed by atoms with Crippen molar-refractivity contribution in [1.29, 1.82) is 0 Å². The quantitative estimate of drug-likeness (QED) is 0.837. The third kappa shape index (κ3) is 2.67. The molecule has 3 nitrogen and oxygen atoms in total. The highest BCUT2D eigenvalue weighted by Crippen LogP contribution is 2.25. The number of anilines is 1. The van der Waals surface area contributed by atoms with Crippen LogP contribution in [0.15, 0.2) is 24.3 Å². The van der Waals surface area contributed by atoms with Gasteiger partial charge in [-0.3, -0.25) is 0 Å². The third-order valence-corrected chi connectivity index (χ3v) is 2.98. The van der Waals surface area contributed by atoms with Gasteiger partial charge in [0.1, 0.15) is 0 Å². The lowest BCUT2D eigenvalue weighted by Gasteiger charge is -2.18. The topological polar surface area (TPSA) is 50.9 Å². The van der Waals surface area contributed by atoms with E-state index >= 15 is 0 Å². The molecule has 1 aromatic heterocycles. The first-order valence-corrected chi connectivity index (χ1v) is 5.75. The molecule has 1 aromatic carbocycles. The van der Waals surface area contributed by atoms with Crippen molar-refractivity contribution in [3.8, 4) is 0 Å². The Morgan fingerprint density at radius 3 is 2.80 bits per heavy atom. The van der Waals surface area contributed by atoms with Gasteiger partial charge in [-0.05, 0) is 26.0 Å². The molecule has 0 atom stereocenters. The Morgan fingerprint density at radius 2 is 2.13 bits per heavy atom. The van der Waals surface area contributed by atoms with Gasteiger partial charge in [0, 0.05) is 12.1 Å². The van der Waals surface area contributed by atoms with Crippen LogP contribution in [0.4, 0.5) is 5.13 Å². The number of para-hydroxylation sites is 1. The van der Waals surface area contributed by atoms with Crippen LogP contribution in [0, 0.1) is 0 Å². The van der Waals surface area contributed by atoms with E-state index in [9.17, 15) is 0 Å². The minimum absolute atomic E-state index is 0.210. The van der Waals surface area contributed by atoms with Gasteiger partial charge in [0.15, 0.2) is 5.13 Å². The van der Waals surface area contributed by atoms with Gasteiger partial charge in [-0.25, -0.2) is 4.98 Å². The van der Waals surface area contributed by atoms with Crippen molar-refractivity contribution >= 4 is 26.7 Å². The Hall–Kier alpha value is -1.13. The van der Waals surface area contributed by atoms with Crippen LogP contribution < -0.4 is 11.1 Å². The summed E-state index contributed by atoms with van der Waals surface area (Å²) in [6, 6.07) is 8.12. The van der Waals surface area contributed by atoms with E-state index in [1.165, 1.54) is 4.70 Å². The average molecular weight is 221 g/mol. The molecule has 1 heterocycles. The average Bonchev–Trinajstić information content (AvgIpc) is 2.56. The highest BCUT2D eigenvalue weighted by molar-refractivity contribution is 7.22. The van der Waals surface area contributed by atoms with E-state index in [1.807, 2.05) is 32.0 Å². The summed E-state index contributed by atoms with van der Waals surface area (Å²) in [5.74, 6) is 0. The molecule has 0 bridgehead atoms. The van der Waals surface area contributed by atoms with Gasteiger partial charge in [-0.15, -0.1) is 0 Å². The second-order valence-corrected chi connectivity index (χ2v) is 5.36. The molecule has 0 aliphatic rings. The highest BCUT2D eigenvalue weighted by Gasteiger charge is 2.11. The number of fused-ring (bicyclic) bond motifs is 1. The summed E-state index contributed by atoms with van der Waals surface area (Å²) in [7, 11) is 0. The van der Waals surface area contributed by atoms with Gasteiger partial charge in [0.05, 0.1) is 10.2 Å². The summed E-state index contributed by atoms with van der Waals surface area (Å²) in [6.07, 6.45) is 0. The van der Waals surface area contributed by atoms with Crippen molar-refractivity contribution in [2.75, 3.05) is 11.9 Å². The molecule has 0 aliphatic heterocycles. The molecule has 0 saturated carbocycles. The number of rotatable bonds is 3. The van der Waals surface area contributed by atoms with Crippen LogP contribution in [0.5, 0.6) is 0 Å². The first-order valence-electron chi connectivity index (χ1n) is 4.93. The number of aromatic nitrogens is 1. The molecule has 0 spiro atoms. The largest absolute Gasteiger partial charge is 0.360 e. The number of hydrogen-bond donors (Lipinski definition) is 2. The van der Waals surface area contributed by atoms with Gasteiger partial charge in [-0.2, -0.15) is 0 Å². The summed E-state index contributed by atoms with van der Waals surface area (Å²) in [5.41, 5.74) is 6.72. The van der Waals surface area contributed by atoms with Crippen LogP contribution in [-0.4, -0.2) is 17.1 Å². The fourth-order valence-corrected chi connectivity index (χ4v) is 2.11. The van der Waals surface area contributed by atoms with Gasteiger partial charge < -0.3 is 11.1 Å². The van der Waals surface area contributed by atoms with E-state index in [2.05, 4.69) is 16.4 Å². The van der Waals surface area contributed by atoms with E-state index < -0.39 is 0 Å². The van der Waals surface area contributed by atoms with E-state index in [1.54, 1.807) is 11.3 Å². The summed E-state index contributed by atoms with van der Waals surface area (Å²) >= 11 is 1.66. The van der Waals surface area contributed by atoms with E-state index in [0.29, 0.717) is 0 Å². The molecular formula is C11H15N3S. The normalized spacial score (nSPS) is 11.9. The number of hydrogen-bond acceptors (Lipinski definition) is 4. The molecule has 2 aromatic rings. The molecule has 0 saturated heterocycles. The summed E-state index contributed by atoms with van der Waals surface area (Å²) in [6.45, 7) is 4.72. The van der Waals surface area contributed by atoms with Crippen molar-refractivity contribution in [1.82, 2.24) is 4.98 Å². The Kier molecular flexibility index (Phi) is 2.63. The maximum Gasteiger partial charge on any atom is 0.183 e. The zero-order valence-corrected chi connectivity index (χ0v) is 9.77. The fourth-order valence-electron chi connectivity index (χ4n) is 1.25. The predicted octanol–water partition coefficient (Wildman–Crippen LogP) is 2.45. The van der Waals surface area contributed by atoms with E-state index in [4.69, 9.17) is 5.73 Å². The smallest absolute Gasteiger partial charge is 0.183 e. The van der Waals surface area contributed by atoms with Crippen LogP contribution in [0.25, 0.3) is 10.2 Å². The molecular weight excluding hydrogens is 206 g/mol. The maximum absolute atomic E-state index is 5.89. The second kappa shape index (κ2) is 3.79.